The molecule has 0 bridgehead atoms. The Hall–Kier alpha value is -1.69. The van der Waals surface area contributed by atoms with Crippen molar-refractivity contribution >= 4 is 11.7 Å². The number of rotatable bonds is 5. The maximum Gasteiger partial charge on any atom is 0.257 e. The summed E-state index contributed by atoms with van der Waals surface area (Å²) in [4.78, 5) is 17.6. The second-order valence-electron chi connectivity index (χ2n) is 4.26. The molecule has 1 heterocycles. The summed E-state index contributed by atoms with van der Waals surface area (Å²) in [6.07, 6.45) is 2.18. The number of aromatic nitrogens is 1. The third kappa shape index (κ3) is 2.95. The molecule has 0 aliphatic heterocycles. The summed E-state index contributed by atoms with van der Waals surface area (Å²) < 4.78 is 13.9. The molecular weight excluding hydrogens is 235 g/mol. The average Bonchev–Trinajstić information content (AvgIpc) is 2.35. The number of hydrogen-bond donors (Lipinski definition) is 2. The highest BCUT2D eigenvalue weighted by molar-refractivity contribution is 5.95. The number of hydrazine groups is 1. The van der Waals surface area contributed by atoms with Crippen LogP contribution >= 0.6 is 0 Å². The molecule has 6 heteroatoms. The van der Waals surface area contributed by atoms with Crippen LogP contribution in [0.3, 0.4) is 0 Å². The first-order valence-corrected chi connectivity index (χ1v) is 5.95. The molecular formula is C12H19FN4O. The van der Waals surface area contributed by atoms with Crippen LogP contribution in [0.2, 0.25) is 0 Å². The van der Waals surface area contributed by atoms with Gasteiger partial charge in [-0.2, -0.15) is 0 Å². The number of nitrogens with one attached hydrogen (secondary N) is 1. The highest BCUT2D eigenvalue weighted by Gasteiger charge is 2.22. The van der Waals surface area contributed by atoms with Gasteiger partial charge in [0.2, 0.25) is 0 Å². The van der Waals surface area contributed by atoms with Crippen LogP contribution in [-0.4, -0.2) is 28.4 Å². The van der Waals surface area contributed by atoms with Gasteiger partial charge in [-0.1, -0.05) is 6.92 Å². The molecule has 0 fully saturated rings. The summed E-state index contributed by atoms with van der Waals surface area (Å²) in [5, 5.41) is 0. The Morgan fingerprint density at radius 1 is 1.61 bits per heavy atom. The van der Waals surface area contributed by atoms with Crippen LogP contribution in [0.15, 0.2) is 12.3 Å². The Bertz CT molecular complexity index is 423. The molecule has 1 rings (SSSR count). The summed E-state index contributed by atoms with van der Waals surface area (Å²) in [6.45, 7) is 6.35. The number of halogens is 1. The molecule has 1 aromatic rings. The predicted octanol–water partition coefficient (Wildman–Crippen LogP) is 1.77. The number of nitrogen functional groups attached to an aromatic ring is 1. The topological polar surface area (TPSA) is 71.2 Å². The third-order valence-electron chi connectivity index (χ3n) is 2.61. The van der Waals surface area contributed by atoms with E-state index in [1.54, 1.807) is 4.90 Å². The second kappa shape index (κ2) is 6.30. The first-order valence-electron chi connectivity index (χ1n) is 5.95. The summed E-state index contributed by atoms with van der Waals surface area (Å²) in [6, 6.07) is 1.38. The van der Waals surface area contributed by atoms with Crippen LogP contribution in [0.1, 0.15) is 37.6 Å². The SMILES string of the molecule is CCCN(C(=O)c1ccnc(NN)c1F)C(C)C. The first kappa shape index (κ1) is 14.4. The van der Waals surface area contributed by atoms with Crippen LogP contribution < -0.4 is 11.3 Å². The van der Waals surface area contributed by atoms with Gasteiger partial charge in [0.05, 0.1) is 5.56 Å². The van der Waals surface area contributed by atoms with E-state index in [0.717, 1.165) is 6.42 Å². The van der Waals surface area contributed by atoms with Crippen molar-refractivity contribution in [2.24, 2.45) is 5.84 Å². The summed E-state index contributed by atoms with van der Waals surface area (Å²) in [5.41, 5.74) is 2.12. The van der Waals surface area contributed by atoms with Crippen LogP contribution in [0, 0.1) is 5.82 Å². The Labute approximate surface area is 106 Å². The van der Waals surface area contributed by atoms with Crippen LogP contribution in [0.5, 0.6) is 0 Å². The first-order chi connectivity index (χ1) is 8.52. The number of carbonyl (C=O) groups excluding carboxylic acids is 1. The van der Waals surface area contributed by atoms with Gasteiger partial charge in [-0.25, -0.2) is 15.2 Å². The van der Waals surface area contributed by atoms with Gasteiger partial charge >= 0.3 is 0 Å². The molecule has 3 N–H and O–H groups in total. The van der Waals surface area contributed by atoms with Crippen LogP contribution in [0.25, 0.3) is 0 Å². The van der Waals surface area contributed by atoms with Gasteiger partial charge in [-0.05, 0) is 26.3 Å². The highest BCUT2D eigenvalue weighted by Crippen LogP contribution is 2.17. The number of nitrogens with zero attached hydrogens (tertiary/aromatic N) is 2. The molecule has 0 aliphatic rings. The lowest BCUT2D eigenvalue weighted by Crippen LogP contribution is -2.38. The lowest BCUT2D eigenvalue weighted by atomic mass is 10.2. The third-order valence-corrected chi connectivity index (χ3v) is 2.61. The van der Waals surface area contributed by atoms with E-state index in [9.17, 15) is 9.18 Å². The van der Waals surface area contributed by atoms with Crippen molar-refractivity contribution in [3.8, 4) is 0 Å². The zero-order valence-corrected chi connectivity index (χ0v) is 10.9. The van der Waals surface area contributed by atoms with Gasteiger partial charge < -0.3 is 10.3 Å². The summed E-state index contributed by atoms with van der Waals surface area (Å²) in [7, 11) is 0. The average molecular weight is 254 g/mol. The van der Waals surface area contributed by atoms with Crippen molar-refractivity contribution in [1.82, 2.24) is 9.88 Å². The molecule has 0 unspecified atom stereocenters. The van der Waals surface area contributed by atoms with E-state index in [1.807, 2.05) is 20.8 Å². The quantitative estimate of drug-likeness (QED) is 0.620. The van der Waals surface area contributed by atoms with Crippen molar-refractivity contribution < 1.29 is 9.18 Å². The van der Waals surface area contributed by atoms with Gasteiger partial charge in [0.15, 0.2) is 11.6 Å². The van der Waals surface area contributed by atoms with E-state index >= 15 is 0 Å². The van der Waals surface area contributed by atoms with E-state index in [1.165, 1.54) is 12.3 Å². The minimum Gasteiger partial charge on any atom is -0.336 e. The Kier molecular flexibility index (Phi) is 5.03. The van der Waals surface area contributed by atoms with E-state index in [4.69, 9.17) is 5.84 Å². The highest BCUT2D eigenvalue weighted by atomic mass is 19.1. The number of anilines is 1. The maximum atomic E-state index is 13.9. The molecule has 0 atom stereocenters. The molecule has 1 amide bonds. The van der Waals surface area contributed by atoms with E-state index in [0.29, 0.717) is 6.54 Å². The number of amides is 1. The van der Waals surface area contributed by atoms with Gasteiger partial charge in [-0.3, -0.25) is 4.79 Å². The van der Waals surface area contributed by atoms with Crippen LogP contribution in [0.4, 0.5) is 10.2 Å². The standard InChI is InChI=1S/C12H19FN4O/c1-4-7-17(8(2)3)12(18)9-5-6-15-11(16-14)10(9)13/h5-6,8H,4,7,14H2,1-3H3,(H,15,16). The van der Waals surface area contributed by atoms with Gasteiger partial charge in [-0.15, -0.1) is 0 Å². The zero-order chi connectivity index (χ0) is 13.7. The Morgan fingerprint density at radius 3 is 2.78 bits per heavy atom. The molecule has 0 spiro atoms. The minimum atomic E-state index is -0.716. The molecule has 0 aliphatic carbocycles. The molecule has 0 radical (unpaired) electrons. The molecule has 18 heavy (non-hydrogen) atoms. The van der Waals surface area contributed by atoms with Gasteiger partial charge in [0, 0.05) is 18.8 Å². The monoisotopic (exact) mass is 254 g/mol. The van der Waals surface area contributed by atoms with E-state index in [2.05, 4.69) is 10.4 Å². The fourth-order valence-electron chi connectivity index (χ4n) is 1.70. The van der Waals surface area contributed by atoms with Crippen molar-refractivity contribution in [2.75, 3.05) is 12.0 Å². The van der Waals surface area contributed by atoms with Crippen molar-refractivity contribution in [3.05, 3.63) is 23.6 Å². The molecule has 100 valence electrons. The number of pyridine rings is 1. The van der Waals surface area contributed by atoms with Crippen molar-refractivity contribution in [3.63, 3.8) is 0 Å². The Balaban J connectivity index is 3.09. The Morgan fingerprint density at radius 2 is 2.28 bits per heavy atom. The lowest BCUT2D eigenvalue weighted by Gasteiger charge is -2.26. The van der Waals surface area contributed by atoms with Gasteiger partial charge in [0.1, 0.15) is 0 Å². The summed E-state index contributed by atoms with van der Waals surface area (Å²) >= 11 is 0. The van der Waals surface area contributed by atoms with Crippen LogP contribution in [-0.2, 0) is 0 Å². The minimum absolute atomic E-state index is 0.0132. The van der Waals surface area contributed by atoms with Crippen molar-refractivity contribution in [2.45, 2.75) is 33.2 Å². The maximum absolute atomic E-state index is 13.9. The van der Waals surface area contributed by atoms with E-state index in [-0.39, 0.29) is 23.3 Å². The van der Waals surface area contributed by atoms with E-state index < -0.39 is 5.82 Å². The molecule has 0 aromatic carbocycles. The molecule has 0 saturated heterocycles. The largest absolute Gasteiger partial charge is 0.336 e. The molecule has 0 saturated carbocycles. The lowest BCUT2D eigenvalue weighted by molar-refractivity contribution is 0.0701. The molecule has 1 aromatic heterocycles. The zero-order valence-electron chi connectivity index (χ0n) is 10.9. The summed E-state index contributed by atoms with van der Waals surface area (Å²) in [5.74, 6) is 3.95. The smallest absolute Gasteiger partial charge is 0.257 e. The number of carbonyl (C=O) groups is 1. The fourth-order valence-corrected chi connectivity index (χ4v) is 1.70. The fraction of sp³-hybridized carbons (Fsp3) is 0.500. The normalized spacial score (nSPS) is 10.6. The van der Waals surface area contributed by atoms with Crippen molar-refractivity contribution in [1.29, 1.82) is 0 Å². The number of nitrogens with two attached hydrogens (primary N) is 1. The predicted molar refractivity (Wildman–Crippen MR) is 68.5 cm³/mol. The molecule has 5 nitrogen and oxygen atoms in total. The second-order valence-corrected chi connectivity index (χ2v) is 4.26. The van der Waals surface area contributed by atoms with Gasteiger partial charge in [0.25, 0.3) is 5.91 Å². The number of hydrogen-bond acceptors (Lipinski definition) is 4.